The van der Waals surface area contributed by atoms with Crippen LogP contribution >= 0.6 is 0 Å². The summed E-state index contributed by atoms with van der Waals surface area (Å²) in [7, 11) is 1.76. The molecular weight excluding hydrogens is 460 g/mol. The molecule has 1 fully saturated rings. The van der Waals surface area contributed by atoms with Crippen LogP contribution in [-0.2, 0) is 11.0 Å². The van der Waals surface area contributed by atoms with Crippen molar-refractivity contribution in [1.29, 1.82) is 0 Å². The summed E-state index contributed by atoms with van der Waals surface area (Å²) in [5.74, 6) is -0.268. The SMILES string of the molecule is CC1NN2C(=O)C(C)C(C3=CC=C(C(F)(F)F)CCC3)N(C)C2=C1c1ccc(C(F)(F)F)cc1. The molecule has 34 heavy (non-hydrogen) atoms. The van der Waals surface area contributed by atoms with E-state index in [2.05, 4.69) is 5.43 Å². The van der Waals surface area contributed by atoms with Crippen LogP contribution in [0.5, 0.6) is 0 Å². The van der Waals surface area contributed by atoms with Gasteiger partial charge in [-0.25, -0.2) is 10.4 Å². The number of benzene rings is 1. The van der Waals surface area contributed by atoms with Crippen molar-refractivity contribution >= 4 is 11.5 Å². The molecular formula is C24H25F6N3O. The average Bonchev–Trinajstić information content (AvgIpc) is 2.92. The first-order chi connectivity index (χ1) is 15.8. The maximum absolute atomic E-state index is 13.3. The minimum atomic E-state index is -4.46. The molecule has 1 aliphatic carbocycles. The van der Waals surface area contributed by atoms with Gasteiger partial charge in [-0.3, -0.25) is 4.79 Å². The van der Waals surface area contributed by atoms with Crippen LogP contribution < -0.4 is 5.43 Å². The molecule has 4 nitrogen and oxygen atoms in total. The molecule has 0 bridgehead atoms. The quantitative estimate of drug-likeness (QED) is 0.550. The van der Waals surface area contributed by atoms with Gasteiger partial charge in [0.15, 0.2) is 0 Å². The lowest BCUT2D eigenvalue weighted by atomic mass is 9.87. The fourth-order valence-corrected chi connectivity index (χ4v) is 5.08. The van der Waals surface area contributed by atoms with Crippen LogP contribution in [0.4, 0.5) is 26.3 Å². The summed E-state index contributed by atoms with van der Waals surface area (Å²) in [4.78, 5) is 15.1. The smallest absolute Gasteiger partial charge is 0.352 e. The summed E-state index contributed by atoms with van der Waals surface area (Å²) in [5, 5.41) is 1.41. The van der Waals surface area contributed by atoms with E-state index < -0.39 is 35.4 Å². The molecule has 10 heteroatoms. The molecule has 1 amide bonds. The van der Waals surface area contributed by atoms with E-state index in [4.69, 9.17) is 0 Å². The Kier molecular flexibility index (Phi) is 6.08. The Bertz CT molecular complexity index is 1070. The number of hydrogen-bond acceptors (Lipinski definition) is 3. The lowest BCUT2D eigenvalue weighted by Gasteiger charge is -2.45. The van der Waals surface area contributed by atoms with Crippen molar-refractivity contribution in [1.82, 2.24) is 15.3 Å². The minimum absolute atomic E-state index is 0.0908. The molecule has 0 spiro atoms. The molecule has 3 unspecified atom stereocenters. The number of halogens is 6. The van der Waals surface area contributed by atoms with Crippen LogP contribution in [0.3, 0.4) is 0 Å². The number of hydrazine groups is 1. The summed E-state index contributed by atoms with van der Waals surface area (Å²) in [5.41, 5.74) is 3.64. The van der Waals surface area contributed by atoms with E-state index in [0.29, 0.717) is 29.8 Å². The van der Waals surface area contributed by atoms with Gasteiger partial charge in [0.2, 0.25) is 5.91 Å². The number of nitrogens with one attached hydrogen (secondary N) is 1. The van der Waals surface area contributed by atoms with Gasteiger partial charge in [-0.2, -0.15) is 26.3 Å². The second-order valence-electron chi connectivity index (χ2n) is 8.97. The molecule has 3 atom stereocenters. The Morgan fingerprint density at radius 2 is 1.59 bits per heavy atom. The molecule has 4 rings (SSSR count). The van der Waals surface area contributed by atoms with Crippen molar-refractivity contribution in [3.05, 3.63) is 64.5 Å². The highest BCUT2D eigenvalue weighted by Gasteiger charge is 2.47. The van der Waals surface area contributed by atoms with Gasteiger partial charge >= 0.3 is 12.4 Å². The van der Waals surface area contributed by atoms with Crippen LogP contribution in [-0.4, -0.2) is 41.1 Å². The number of nitrogens with zero attached hydrogens (tertiary/aromatic N) is 2. The lowest BCUT2D eigenvalue weighted by molar-refractivity contribution is -0.142. The van der Waals surface area contributed by atoms with E-state index in [1.54, 1.807) is 14.0 Å². The van der Waals surface area contributed by atoms with Crippen LogP contribution in [0.2, 0.25) is 0 Å². The molecule has 3 aliphatic rings. The molecule has 0 saturated carbocycles. The predicted octanol–water partition coefficient (Wildman–Crippen LogP) is 5.66. The first kappa shape index (κ1) is 24.4. The number of rotatable bonds is 2. The van der Waals surface area contributed by atoms with Gasteiger partial charge in [0.05, 0.1) is 23.6 Å². The van der Waals surface area contributed by atoms with E-state index in [0.717, 1.165) is 23.8 Å². The Balaban J connectivity index is 1.76. The number of alkyl halides is 6. The normalized spacial score (nSPS) is 26.4. The van der Waals surface area contributed by atoms with Gasteiger partial charge in [0.25, 0.3) is 0 Å². The first-order valence-electron chi connectivity index (χ1n) is 11.0. The lowest BCUT2D eigenvalue weighted by Crippen LogP contribution is -2.57. The van der Waals surface area contributed by atoms with Crippen molar-refractivity contribution < 1.29 is 31.1 Å². The summed E-state index contributed by atoms with van der Waals surface area (Å²) in [6.07, 6.45) is -5.66. The third-order valence-corrected chi connectivity index (χ3v) is 6.72. The number of carbonyl (C=O) groups is 1. The summed E-state index contributed by atoms with van der Waals surface area (Å²) >= 11 is 0. The zero-order valence-corrected chi connectivity index (χ0v) is 18.9. The maximum Gasteiger partial charge on any atom is 0.416 e. The van der Waals surface area contributed by atoms with Crippen LogP contribution in [0, 0.1) is 5.92 Å². The van der Waals surface area contributed by atoms with Gasteiger partial charge in [-0.1, -0.05) is 31.2 Å². The Morgan fingerprint density at radius 3 is 2.18 bits per heavy atom. The van der Waals surface area contributed by atoms with Crippen molar-refractivity contribution in [2.75, 3.05) is 7.05 Å². The maximum atomic E-state index is 13.3. The number of fused-ring (bicyclic) bond motifs is 1. The largest absolute Gasteiger partial charge is 0.416 e. The van der Waals surface area contributed by atoms with Crippen molar-refractivity contribution in [2.24, 2.45) is 5.92 Å². The summed E-state index contributed by atoms with van der Waals surface area (Å²) in [6.45, 7) is 3.55. The van der Waals surface area contributed by atoms with Crippen LogP contribution in [0.15, 0.2) is 53.4 Å². The number of allylic oxidation sites excluding steroid dienone is 3. The highest BCUT2D eigenvalue weighted by Crippen LogP contribution is 2.42. The van der Waals surface area contributed by atoms with Gasteiger partial charge in [0.1, 0.15) is 5.82 Å². The molecule has 0 aromatic heterocycles. The first-order valence-corrected chi connectivity index (χ1v) is 11.0. The zero-order valence-electron chi connectivity index (χ0n) is 18.9. The third kappa shape index (κ3) is 4.23. The molecule has 1 N–H and O–H groups in total. The van der Waals surface area contributed by atoms with Crippen molar-refractivity contribution in [3.8, 4) is 0 Å². The van der Waals surface area contributed by atoms with Gasteiger partial charge in [-0.15, -0.1) is 0 Å². The van der Waals surface area contributed by atoms with Gasteiger partial charge in [-0.05, 0) is 49.5 Å². The number of carbonyl (C=O) groups excluding carboxylic acids is 1. The van der Waals surface area contributed by atoms with Gasteiger partial charge < -0.3 is 4.90 Å². The molecule has 1 saturated heterocycles. The zero-order chi connectivity index (χ0) is 25.0. The van der Waals surface area contributed by atoms with Crippen molar-refractivity contribution in [2.45, 2.75) is 57.5 Å². The second-order valence-corrected chi connectivity index (χ2v) is 8.97. The third-order valence-electron chi connectivity index (χ3n) is 6.72. The highest BCUT2D eigenvalue weighted by atomic mass is 19.4. The Hall–Kier alpha value is -2.75. The van der Waals surface area contributed by atoms with Gasteiger partial charge in [0, 0.05) is 18.2 Å². The van der Waals surface area contributed by atoms with Crippen LogP contribution in [0.25, 0.3) is 5.57 Å². The van der Waals surface area contributed by atoms with E-state index >= 15 is 0 Å². The average molecular weight is 485 g/mol. The Morgan fingerprint density at radius 1 is 0.941 bits per heavy atom. The minimum Gasteiger partial charge on any atom is -0.352 e. The number of amides is 1. The standard InChI is InChI=1S/C24H25F6N3O/c1-13-20(16-5-4-6-17(12-9-16)23(25,26)27)32(3)21-19(14(2)31-33(21)22(13)34)15-7-10-18(11-8-15)24(28,29)30/h7-14,20,31H,4-6H2,1-3H3. The second kappa shape index (κ2) is 8.48. The van der Waals surface area contributed by atoms with Crippen LogP contribution in [0.1, 0.15) is 44.2 Å². The van der Waals surface area contributed by atoms with E-state index in [9.17, 15) is 31.1 Å². The molecule has 2 heterocycles. The van der Waals surface area contributed by atoms with Crippen molar-refractivity contribution in [3.63, 3.8) is 0 Å². The highest BCUT2D eigenvalue weighted by molar-refractivity contribution is 5.88. The Labute approximate surface area is 193 Å². The predicted molar refractivity (Wildman–Crippen MR) is 115 cm³/mol. The monoisotopic (exact) mass is 485 g/mol. The fourth-order valence-electron chi connectivity index (χ4n) is 5.08. The molecule has 1 aromatic rings. The van der Waals surface area contributed by atoms with E-state index in [-0.39, 0.29) is 18.4 Å². The summed E-state index contributed by atoms with van der Waals surface area (Å²) in [6, 6.07) is 3.92. The summed E-state index contributed by atoms with van der Waals surface area (Å²) < 4.78 is 78.7. The van der Waals surface area contributed by atoms with E-state index in [1.807, 2.05) is 11.8 Å². The topological polar surface area (TPSA) is 35.6 Å². The number of hydrogen-bond donors (Lipinski definition) is 1. The molecule has 184 valence electrons. The van der Waals surface area contributed by atoms with E-state index in [1.165, 1.54) is 23.2 Å². The molecule has 2 aliphatic heterocycles. The molecule has 1 aromatic carbocycles. The molecule has 0 radical (unpaired) electrons. The fraction of sp³-hybridized carbons (Fsp3) is 0.458. The number of likely N-dealkylation sites (N-methyl/N-ethyl adjacent to an activating group) is 1.